The smallest absolute Gasteiger partial charge is 0.243 e. The largest absolute Gasteiger partial charge is 0.506 e. The van der Waals surface area contributed by atoms with Crippen LogP contribution in [0.3, 0.4) is 0 Å². The van der Waals surface area contributed by atoms with Crippen LogP contribution in [0.15, 0.2) is 72.1 Å². The van der Waals surface area contributed by atoms with Crippen molar-refractivity contribution < 1.29 is 14.5 Å². The van der Waals surface area contributed by atoms with Crippen LogP contribution >= 0.6 is 0 Å². The number of aliphatic hydroxyl groups is 1. The van der Waals surface area contributed by atoms with Gasteiger partial charge in [0.15, 0.2) is 11.6 Å². The summed E-state index contributed by atoms with van der Waals surface area (Å²) in [6.45, 7) is 1.43. The highest BCUT2D eigenvalue weighted by Crippen LogP contribution is 2.30. The Morgan fingerprint density at radius 2 is 2.19 bits per heavy atom. The Morgan fingerprint density at radius 1 is 1.30 bits per heavy atom. The number of hydrogen-bond donors (Lipinski definition) is 2. The molecule has 0 aromatic carbocycles. The van der Waals surface area contributed by atoms with Crippen molar-refractivity contribution in [1.82, 2.24) is 14.2 Å². The van der Waals surface area contributed by atoms with E-state index >= 15 is 0 Å². The van der Waals surface area contributed by atoms with Gasteiger partial charge in [0.1, 0.15) is 36.1 Å². The number of pyridine rings is 1. The molecule has 0 saturated carbocycles. The van der Waals surface area contributed by atoms with Gasteiger partial charge < -0.3 is 10.4 Å². The number of aryl methyl sites for hydroxylation is 1. The molecule has 3 aromatic rings. The summed E-state index contributed by atoms with van der Waals surface area (Å²) >= 11 is 0. The fourth-order valence-electron chi connectivity index (χ4n) is 2.87. The lowest BCUT2D eigenvalue weighted by Crippen LogP contribution is -2.24. The van der Waals surface area contributed by atoms with Crippen LogP contribution in [-0.2, 0) is 18.4 Å². The summed E-state index contributed by atoms with van der Waals surface area (Å²) in [5.41, 5.74) is 1.74. The first kappa shape index (κ1) is 16.8. The highest BCUT2D eigenvalue weighted by Gasteiger charge is 2.16. The minimum Gasteiger partial charge on any atom is -0.506 e. The summed E-state index contributed by atoms with van der Waals surface area (Å²) in [6, 6.07) is 5.69. The van der Waals surface area contributed by atoms with Gasteiger partial charge in [0.25, 0.3) is 0 Å². The van der Waals surface area contributed by atoms with E-state index in [9.17, 15) is 9.90 Å². The Bertz CT molecular complexity index is 1100. The van der Waals surface area contributed by atoms with Gasteiger partial charge in [-0.3, -0.25) is 4.79 Å². The molecule has 8 nitrogen and oxygen atoms in total. The maximum absolute atomic E-state index is 11.4. The molecule has 0 atom stereocenters. The van der Waals surface area contributed by atoms with E-state index in [2.05, 4.69) is 20.0 Å². The van der Waals surface area contributed by atoms with Gasteiger partial charge in [-0.15, -0.1) is 5.10 Å². The number of imidazole rings is 1. The van der Waals surface area contributed by atoms with Crippen LogP contribution in [0, 0.1) is 0 Å². The number of carbonyl (C=O) groups is 1. The Morgan fingerprint density at radius 3 is 2.96 bits per heavy atom. The highest BCUT2D eigenvalue weighted by molar-refractivity contribution is 6.19. The molecule has 4 rings (SSSR count). The van der Waals surface area contributed by atoms with Crippen LogP contribution in [0.25, 0.3) is 5.52 Å². The maximum Gasteiger partial charge on any atom is 0.243 e. The van der Waals surface area contributed by atoms with E-state index in [-0.39, 0.29) is 11.5 Å². The van der Waals surface area contributed by atoms with Crippen LogP contribution in [0.2, 0.25) is 0 Å². The second kappa shape index (κ2) is 6.91. The Balaban J connectivity index is 1.64. The van der Waals surface area contributed by atoms with Crippen molar-refractivity contribution in [2.75, 3.05) is 11.9 Å². The molecule has 0 saturated heterocycles. The predicted octanol–water partition coefficient (Wildman–Crippen LogP) is 1.73. The van der Waals surface area contributed by atoms with Gasteiger partial charge >= 0.3 is 0 Å². The summed E-state index contributed by atoms with van der Waals surface area (Å²) in [4.78, 5) is 15.9. The van der Waals surface area contributed by atoms with E-state index in [1.165, 1.54) is 12.2 Å². The lowest BCUT2D eigenvalue weighted by atomic mass is 10.1. The third kappa shape index (κ3) is 3.50. The number of nitrogens with one attached hydrogen (secondary N) is 1. The molecule has 27 heavy (non-hydrogen) atoms. The summed E-state index contributed by atoms with van der Waals surface area (Å²) in [7, 11) is 1.97. The van der Waals surface area contributed by atoms with Gasteiger partial charge in [0.2, 0.25) is 6.33 Å². The van der Waals surface area contributed by atoms with Crippen molar-refractivity contribution in [3.8, 4) is 0 Å². The van der Waals surface area contributed by atoms with E-state index in [1.54, 1.807) is 4.52 Å². The number of ketones is 1. The minimum atomic E-state index is -0.260. The highest BCUT2D eigenvalue weighted by atomic mass is 16.3. The molecule has 0 fully saturated rings. The molecule has 0 aliphatic heterocycles. The van der Waals surface area contributed by atoms with E-state index in [0.29, 0.717) is 23.8 Å². The van der Waals surface area contributed by atoms with Gasteiger partial charge in [0.05, 0.1) is 19.1 Å². The first-order valence-corrected chi connectivity index (χ1v) is 8.54. The number of anilines is 1. The number of fused-ring (bicyclic) bond motifs is 1. The number of aromatic nitrogens is 4. The SMILES string of the molecule is C[n+]1ccn(CCNc2nn3ccccc3c2/N=C2\C=CC(=O)C=C2O)c1. The normalized spacial score (nSPS) is 15.5. The van der Waals surface area contributed by atoms with Crippen LogP contribution in [0.1, 0.15) is 0 Å². The Labute approximate surface area is 155 Å². The zero-order valence-electron chi connectivity index (χ0n) is 14.8. The second-order valence-corrected chi connectivity index (χ2v) is 6.23. The van der Waals surface area contributed by atoms with Crippen molar-refractivity contribution in [3.05, 3.63) is 67.1 Å². The molecule has 0 bridgehead atoms. The predicted molar refractivity (Wildman–Crippen MR) is 101 cm³/mol. The topological polar surface area (TPSA) is 87.8 Å². The Kier molecular flexibility index (Phi) is 4.29. The Hall–Kier alpha value is -3.68. The summed E-state index contributed by atoms with van der Waals surface area (Å²) in [5, 5.41) is 17.9. The number of aliphatic hydroxyl groups excluding tert-OH is 1. The van der Waals surface area contributed by atoms with Crippen LogP contribution in [-0.4, -0.2) is 37.3 Å². The minimum absolute atomic E-state index is 0.149. The van der Waals surface area contributed by atoms with Gasteiger partial charge in [-0.2, -0.15) is 0 Å². The van der Waals surface area contributed by atoms with Crippen LogP contribution in [0.4, 0.5) is 11.5 Å². The quantitative estimate of drug-likeness (QED) is 0.534. The summed E-state index contributed by atoms with van der Waals surface area (Å²) < 4.78 is 5.78. The van der Waals surface area contributed by atoms with E-state index in [4.69, 9.17) is 0 Å². The number of hydrogen-bond acceptors (Lipinski definition) is 5. The maximum atomic E-state index is 11.4. The first-order valence-electron chi connectivity index (χ1n) is 8.54. The number of aliphatic imine (C=N–C) groups is 1. The summed E-state index contributed by atoms with van der Waals surface area (Å²) in [6.07, 6.45) is 11.9. The fraction of sp³-hybridized carbons (Fsp3) is 0.158. The van der Waals surface area contributed by atoms with Gasteiger partial charge in [-0.1, -0.05) is 6.07 Å². The third-order valence-electron chi connectivity index (χ3n) is 4.18. The molecule has 1 aliphatic carbocycles. The molecule has 0 amide bonds. The average molecular weight is 363 g/mol. The molecule has 8 heteroatoms. The molecule has 0 radical (unpaired) electrons. The molecule has 2 N–H and O–H groups in total. The molecule has 136 valence electrons. The van der Waals surface area contributed by atoms with E-state index in [1.807, 2.05) is 54.7 Å². The third-order valence-corrected chi connectivity index (χ3v) is 4.18. The molecule has 3 aromatic heterocycles. The van der Waals surface area contributed by atoms with Crippen LogP contribution < -0.4 is 9.88 Å². The first-order chi connectivity index (χ1) is 13.1. The molecular weight excluding hydrogens is 344 g/mol. The number of rotatable bonds is 5. The van der Waals surface area contributed by atoms with Crippen LogP contribution in [0.5, 0.6) is 0 Å². The number of nitrogens with zero attached hydrogens (tertiary/aromatic N) is 5. The standard InChI is InChI=1S/C19H18N6O2/c1-23-10-11-24(13-23)9-7-20-19-18(16-4-2-3-8-25(16)22-19)21-15-6-5-14(26)12-17(15)27/h2-6,8,10-13H,7,9H2,1H3,(H-,20,22,26,27)/p+1/b21-15+. The lowest BCUT2D eigenvalue weighted by molar-refractivity contribution is -0.671. The lowest BCUT2D eigenvalue weighted by Gasteiger charge is -2.06. The number of carbonyl (C=O) groups excluding carboxylic acids is 1. The fourth-order valence-corrected chi connectivity index (χ4v) is 2.87. The van der Waals surface area contributed by atoms with Gasteiger partial charge in [-0.05, 0) is 24.3 Å². The number of allylic oxidation sites excluding steroid dienone is 3. The monoisotopic (exact) mass is 363 g/mol. The van der Waals surface area contributed by atoms with Crippen molar-refractivity contribution in [3.63, 3.8) is 0 Å². The van der Waals surface area contributed by atoms with Gasteiger partial charge in [0, 0.05) is 12.3 Å². The average Bonchev–Trinajstić information content (AvgIpc) is 3.21. The van der Waals surface area contributed by atoms with Crippen molar-refractivity contribution >= 4 is 28.5 Å². The zero-order valence-corrected chi connectivity index (χ0v) is 14.8. The van der Waals surface area contributed by atoms with E-state index < -0.39 is 0 Å². The second-order valence-electron chi connectivity index (χ2n) is 6.23. The molecular formula is C19H19N6O2+. The van der Waals surface area contributed by atoms with Crippen molar-refractivity contribution in [2.45, 2.75) is 6.54 Å². The van der Waals surface area contributed by atoms with Crippen molar-refractivity contribution in [1.29, 1.82) is 0 Å². The van der Waals surface area contributed by atoms with E-state index in [0.717, 1.165) is 18.1 Å². The zero-order chi connectivity index (χ0) is 18.8. The molecule has 0 spiro atoms. The molecule has 3 heterocycles. The van der Waals surface area contributed by atoms with Crippen molar-refractivity contribution in [2.24, 2.45) is 12.0 Å². The van der Waals surface area contributed by atoms with Gasteiger partial charge in [-0.25, -0.2) is 18.6 Å². The molecule has 0 unspecified atom stereocenters. The molecule has 1 aliphatic rings. The summed E-state index contributed by atoms with van der Waals surface area (Å²) in [5.74, 6) is 0.205.